The lowest BCUT2D eigenvalue weighted by atomic mass is 9.98. The molecule has 3 rings (SSSR count). The number of amides is 1. The van der Waals surface area contributed by atoms with Gasteiger partial charge in [-0.05, 0) is 67.6 Å². The van der Waals surface area contributed by atoms with Crippen LogP contribution in [0.2, 0.25) is 0 Å². The molecule has 0 bridgehead atoms. The zero-order chi connectivity index (χ0) is 18.5. The van der Waals surface area contributed by atoms with Crippen molar-refractivity contribution in [3.05, 3.63) is 35.4 Å². The van der Waals surface area contributed by atoms with Crippen molar-refractivity contribution in [3.8, 4) is 0 Å². The molecule has 2 fully saturated rings. The normalized spacial score (nSPS) is 17.3. The van der Waals surface area contributed by atoms with Crippen LogP contribution in [0.1, 0.15) is 41.6 Å². The van der Waals surface area contributed by atoms with Crippen molar-refractivity contribution < 1.29 is 4.79 Å². The zero-order valence-corrected chi connectivity index (χ0v) is 16.3. The van der Waals surface area contributed by atoms with Gasteiger partial charge in [-0.2, -0.15) is 0 Å². The lowest BCUT2D eigenvalue weighted by Gasteiger charge is -2.19. The van der Waals surface area contributed by atoms with Gasteiger partial charge in [0.15, 0.2) is 5.96 Å². The second-order valence-corrected chi connectivity index (χ2v) is 7.87. The highest BCUT2D eigenvalue weighted by Gasteiger charge is 2.41. The van der Waals surface area contributed by atoms with E-state index in [4.69, 9.17) is 0 Å². The van der Waals surface area contributed by atoms with E-state index in [0.29, 0.717) is 0 Å². The number of carbonyl (C=O) groups excluding carboxylic acids is 1. The molecular formula is C21H32N4O. The molecule has 0 saturated heterocycles. The summed E-state index contributed by atoms with van der Waals surface area (Å²) in [6.07, 6.45) is 6.52. The van der Waals surface area contributed by atoms with Crippen molar-refractivity contribution in [3.63, 3.8) is 0 Å². The molecule has 1 aromatic rings. The van der Waals surface area contributed by atoms with E-state index < -0.39 is 0 Å². The molecule has 0 aromatic heterocycles. The van der Waals surface area contributed by atoms with Gasteiger partial charge in [-0.25, -0.2) is 0 Å². The standard InChI is InChI=1S/C21H32N4O/c1-22-21(24-14-19(16-7-8-16)17-9-10-17)23-12-11-15-5-4-6-18(13-15)20(26)25(2)3/h4-6,13,16-17,19H,7-12,14H2,1-3H3,(H2,22,23,24). The second-order valence-electron chi connectivity index (χ2n) is 7.87. The molecule has 5 heteroatoms. The summed E-state index contributed by atoms with van der Waals surface area (Å²) in [7, 11) is 5.39. The van der Waals surface area contributed by atoms with Crippen LogP contribution in [0.15, 0.2) is 29.3 Å². The summed E-state index contributed by atoms with van der Waals surface area (Å²) in [5, 5.41) is 6.93. The highest BCUT2D eigenvalue weighted by Crippen LogP contribution is 2.48. The van der Waals surface area contributed by atoms with Gasteiger partial charge >= 0.3 is 0 Å². The van der Waals surface area contributed by atoms with Gasteiger partial charge < -0.3 is 15.5 Å². The number of nitrogens with one attached hydrogen (secondary N) is 2. The Morgan fingerprint density at radius 1 is 1.19 bits per heavy atom. The number of hydrogen-bond donors (Lipinski definition) is 2. The number of nitrogens with zero attached hydrogens (tertiary/aromatic N) is 2. The highest BCUT2D eigenvalue weighted by atomic mass is 16.2. The summed E-state index contributed by atoms with van der Waals surface area (Å²) in [5.74, 6) is 3.66. The van der Waals surface area contributed by atoms with Crippen LogP contribution in [0, 0.1) is 17.8 Å². The van der Waals surface area contributed by atoms with Crippen LogP contribution in [0.5, 0.6) is 0 Å². The molecule has 142 valence electrons. The highest BCUT2D eigenvalue weighted by molar-refractivity contribution is 5.94. The Labute approximate surface area is 157 Å². The van der Waals surface area contributed by atoms with E-state index in [2.05, 4.69) is 21.7 Å². The number of carbonyl (C=O) groups is 1. The number of guanidine groups is 1. The predicted molar refractivity (Wildman–Crippen MR) is 106 cm³/mol. The van der Waals surface area contributed by atoms with Crippen LogP contribution in [0.3, 0.4) is 0 Å². The lowest BCUT2D eigenvalue weighted by Crippen LogP contribution is -2.41. The Kier molecular flexibility index (Phi) is 6.17. The van der Waals surface area contributed by atoms with Crippen molar-refractivity contribution in [2.45, 2.75) is 32.1 Å². The van der Waals surface area contributed by atoms with Crippen molar-refractivity contribution in [2.24, 2.45) is 22.7 Å². The first-order valence-corrected chi connectivity index (χ1v) is 9.83. The van der Waals surface area contributed by atoms with E-state index in [1.807, 2.05) is 25.2 Å². The van der Waals surface area contributed by atoms with Gasteiger partial charge in [-0.1, -0.05) is 12.1 Å². The van der Waals surface area contributed by atoms with Crippen molar-refractivity contribution in [1.29, 1.82) is 0 Å². The summed E-state index contributed by atoms with van der Waals surface area (Å²) in [5.41, 5.74) is 1.90. The average molecular weight is 357 g/mol. The van der Waals surface area contributed by atoms with E-state index in [0.717, 1.165) is 54.4 Å². The summed E-state index contributed by atoms with van der Waals surface area (Å²) >= 11 is 0. The first-order valence-electron chi connectivity index (χ1n) is 9.83. The van der Waals surface area contributed by atoms with Crippen LogP contribution in [-0.4, -0.2) is 51.0 Å². The molecule has 5 nitrogen and oxygen atoms in total. The summed E-state index contributed by atoms with van der Waals surface area (Å²) in [6, 6.07) is 7.88. The van der Waals surface area contributed by atoms with Gasteiger partial charge in [0.25, 0.3) is 5.91 Å². The SMILES string of the molecule is CN=C(NCCc1cccc(C(=O)N(C)C)c1)NCC(C1CC1)C1CC1. The fourth-order valence-electron chi connectivity index (χ4n) is 3.65. The monoisotopic (exact) mass is 356 g/mol. The van der Waals surface area contributed by atoms with E-state index in [9.17, 15) is 4.79 Å². The minimum absolute atomic E-state index is 0.0449. The van der Waals surface area contributed by atoms with Gasteiger partial charge in [-0.3, -0.25) is 9.79 Å². The molecule has 0 atom stereocenters. The molecule has 0 radical (unpaired) electrons. The largest absolute Gasteiger partial charge is 0.356 e. The molecule has 2 aliphatic carbocycles. The van der Waals surface area contributed by atoms with Crippen molar-refractivity contribution >= 4 is 11.9 Å². The van der Waals surface area contributed by atoms with Crippen molar-refractivity contribution in [1.82, 2.24) is 15.5 Å². The number of rotatable bonds is 8. The molecule has 1 amide bonds. The molecular weight excluding hydrogens is 324 g/mol. The average Bonchev–Trinajstić information content (AvgIpc) is 3.54. The van der Waals surface area contributed by atoms with Crippen LogP contribution < -0.4 is 10.6 Å². The van der Waals surface area contributed by atoms with Gasteiger partial charge in [0.05, 0.1) is 0 Å². The van der Waals surface area contributed by atoms with Crippen LogP contribution in [0.4, 0.5) is 0 Å². The zero-order valence-electron chi connectivity index (χ0n) is 16.3. The fourth-order valence-corrected chi connectivity index (χ4v) is 3.65. The van der Waals surface area contributed by atoms with Gasteiger partial charge in [-0.15, -0.1) is 0 Å². The number of hydrogen-bond acceptors (Lipinski definition) is 2. The van der Waals surface area contributed by atoms with E-state index in [1.165, 1.54) is 25.7 Å². The third kappa shape index (κ3) is 5.23. The molecule has 2 saturated carbocycles. The molecule has 0 heterocycles. The maximum atomic E-state index is 12.1. The quantitative estimate of drug-likeness (QED) is 0.556. The Morgan fingerprint density at radius 3 is 2.46 bits per heavy atom. The Hall–Kier alpha value is -2.04. The van der Waals surface area contributed by atoms with Gasteiger partial charge in [0.2, 0.25) is 0 Å². The minimum atomic E-state index is 0.0449. The van der Waals surface area contributed by atoms with E-state index in [1.54, 1.807) is 19.0 Å². The van der Waals surface area contributed by atoms with Gasteiger partial charge in [0.1, 0.15) is 0 Å². The Bertz CT molecular complexity index is 635. The third-order valence-corrected chi connectivity index (χ3v) is 5.47. The minimum Gasteiger partial charge on any atom is -0.356 e. The first kappa shape index (κ1) is 18.7. The third-order valence-electron chi connectivity index (χ3n) is 5.47. The summed E-state index contributed by atoms with van der Waals surface area (Å²) < 4.78 is 0. The fraction of sp³-hybridized carbons (Fsp3) is 0.619. The van der Waals surface area contributed by atoms with Crippen LogP contribution in [0.25, 0.3) is 0 Å². The summed E-state index contributed by atoms with van der Waals surface area (Å²) in [4.78, 5) is 18.0. The topological polar surface area (TPSA) is 56.7 Å². The maximum Gasteiger partial charge on any atom is 0.253 e. The van der Waals surface area contributed by atoms with Crippen molar-refractivity contribution in [2.75, 3.05) is 34.2 Å². The second kappa shape index (κ2) is 8.56. The van der Waals surface area contributed by atoms with Crippen LogP contribution in [-0.2, 0) is 6.42 Å². The Morgan fingerprint density at radius 2 is 1.88 bits per heavy atom. The van der Waals surface area contributed by atoms with Crippen LogP contribution >= 0.6 is 0 Å². The number of benzene rings is 1. The Balaban J connectivity index is 1.44. The molecule has 2 aliphatic rings. The summed E-state index contributed by atoms with van der Waals surface area (Å²) in [6.45, 7) is 1.85. The smallest absolute Gasteiger partial charge is 0.253 e. The molecule has 0 spiro atoms. The lowest BCUT2D eigenvalue weighted by molar-refractivity contribution is 0.0827. The molecule has 26 heavy (non-hydrogen) atoms. The van der Waals surface area contributed by atoms with E-state index >= 15 is 0 Å². The molecule has 0 unspecified atom stereocenters. The maximum absolute atomic E-state index is 12.1. The molecule has 0 aliphatic heterocycles. The molecule has 1 aromatic carbocycles. The molecule has 2 N–H and O–H groups in total. The first-order chi connectivity index (χ1) is 12.6. The predicted octanol–water partition coefficient (Wildman–Crippen LogP) is 2.53. The van der Waals surface area contributed by atoms with E-state index in [-0.39, 0.29) is 5.91 Å². The number of aliphatic imine (C=N–C) groups is 1. The van der Waals surface area contributed by atoms with Gasteiger partial charge in [0, 0.05) is 39.8 Å².